The Morgan fingerprint density at radius 2 is 1.59 bits per heavy atom. The van der Waals surface area contributed by atoms with E-state index in [1.165, 1.54) is 30.5 Å². The smallest absolute Gasteiger partial charge is 0.259 e. The predicted octanol–water partition coefficient (Wildman–Crippen LogP) is 4.91. The fourth-order valence-electron chi connectivity index (χ4n) is 2.85. The zero-order valence-electron chi connectivity index (χ0n) is 15.6. The summed E-state index contributed by atoms with van der Waals surface area (Å²) in [5, 5.41) is 2.76. The molecule has 2 heterocycles. The molecule has 0 saturated heterocycles. The normalized spacial score (nSPS) is 10.6. The maximum atomic E-state index is 13.1. The van der Waals surface area contributed by atoms with Gasteiger partial charge in [-0.05, 0) is 43.3 Å². The average molecular weight is 384 g/mol. The van der Waals surface area contributed by atoms with Crippen molar-refractivity contribution in [3.05, 3.63) is 96.2 Å². The second kappa shape index (κ2) is 7.98. The van der Waals surface area contributed by atoms with Crippen molar-refractivity contribution < 1.29 is 9.18 Å². The summed E-state index contributed by atoms with van der Waals surface area (Å²) < 4.78 is 13.1. The van der Waals surface area contributed by atoms with E-state index in [4.69, 9.17) is 0 Å². The lowest BCUT2D eigenvalue weighted by molar-refractivity contribution is 0.102. The summed E-state index contributed by atoms with van der Waals surface area (Å²) in [6.07, 6.45) is 4.80. The Morgan fingerprint density at radius 1 is 0.897 bits per heavy atom. The predicted molar refractivity (Wildman–Crippen MR) is 110 cm³/mol. The highest BCUT2D eigenvalue weighted by Crippen LogP contribution is 2.25. The number of nitrogens with one attached hydrogen (secondary N) is 1. The first-order valence-corrected chi connectivity index (χ1v) is 9.01. The molecule has 0 spiro atoms. The number of anilines is 1. The number of amides is 1. The second-order valence-corrected chi connectivity index (χ2v) is 6.52. The van der Waals surface area contributed by atoms with Crippen molar-refractivity contribution in [2.24, 2.45) is 0 Å². The number of carbonyl (C=O) groups is 1. The van der Waals surface area contributed by atoms with Crippen molar-refractivity contribution in [3.8, 4) is 22.6 Å². The third-order valence-electron chi connectivity index (χ3n) is 4.40. The Hall–Kier alpha value is -3.93. The molecule has 0 fully saturated rings. The largest absolute Gasteiger partial charge is 0.322 e. The molecule has 2 aromatic heterocycles. The van der Waals surface area contributed by atoms with E-state index in [1.807, 2.05) is 31.2 Å². The Bertz CT molecular complexity index is 1140. The van der Waals surface area contributed by atoms with Crippen molar-refractivity contribution in [1.29, 1.82) is 0 Å². The van der Waals surface area contributed by atoms with E-state index in [2.05, 4.69) is 20.3 Å². The van der Waals surface area contributed by atoms with Gasteiger partial charge in [0.25, 0.3) is 5.91 Å². The van der Waals surface area contributed by atoms with Crippen molar-refractivity contribution in [1.82, 2.24) is 15.0 Å². The van der Waals surface area contributed by atoms with Gasteiger partial charge in [-0.15, -0.1) is 0 Å². The summed E-state index contributed by atoms with van der Waals surface area (Å²) in [6.45, 7) is 2.01. The van der Waals surface area contributed by atoms with Gasteiger partial charge in [0.1, 0.15) is 5.82 Å². The van der Waals surface area contributed by atoms with Crippen LogP contribution in [0.15, 0.2) is 79.3 Å². The number of nitrogens with zero attached hydrogens (tertiary/aromatic N) is 3. The standard InChI is InChI=1S/C23H17FN4O/c1-15-2-4-17(5-3-15)22-26-14-20(21(28-22)16-10-12-25-13-11-16)23(29)27-19-8-6-18(24)7-9-19/h2-14H,1H3,(H,27,29). The Morgan fingerprint density at radius 3 is 2.28 bits per heavy atom. The third-order valence-corrected chi connectivity index (χ3v) is 4.40. The average Bonchev–Trinajstić information content (AvgIpc) is 2.76. The molecular weight excluding hydrogens is 367 g/mol. The maximum absolute atomic E-state index is 13.1. The third kappa shape index (κ3) is 4.16. The van der Waals surface area contributed by atoms with Gasteiger partial charge in [-0.3, -0.25) is 9.78 Å². The SMILES string of the molecule is Cc1ccc(-c2ncc(C(=O)Nc3ccc(F)cc3)c(-c3ccncc3)n2)cc1. The van der Waals surface area contributed by atoms with Crippen LogP contribution in [0, 0.1) is 12.7 Å². The molecule has 0 aliphatic heterocycles. The fourth-order valence-corrected chi connectivity index (χ4v) is 2.85. The zero-order chi connectivity index (χ0) is 20.2. The molecule has 4 aromatic rings. The van der Waals surface area contributed by atoms with Crippen LogP contribution in [-0.4, -0.2) is 20.9 Å². The van der Waals surface area contributed by atoms with Gasteiger partial charge in [0, 0.05) is 35.4 Å². The summed E-state index contributed by atoms with van der Waals surface area (Å²) in [5.74, 6) is -0.222. The van der Waals surface area contributed by atoms with Gasteiger partial charge in [-0.25, -0.2) is 14.4 Å². The summed E-state index contributed by atoms with van der Waals surface area (Å²) in [4.78, 5) is 26.0. The monoisotopic (exact) mass is 384 g/mol. The van der Waals surface area contributed by atoms with Gasteiger partial charge in [-0.1, -0.05) is 29.8 Å². The molecule has 1 amide bonds. The summed E-state index contributed by atoms with van der Waals surface area (Å²) in [6, 6.07) is 17.0. The number of aryl methyl sites for hydroxylation is 1. The molecule has 0 saturated carbocycles. The minimum atomic E-state index is -0.376. The van der Waals surface area contributed by atoms with E-state index >= 15 is 0 Å². The molecule has 0 unspecified atom stereocenters. The lowest BCUT2D eigenvalue weighted by Crippen LogP contribution is -2.15. The lowest BCUT2D eigenvalue weighted by Gasteiger charge is -2.11. The molecule has 0 aliphatic rings. The summed E-state index contributed by atoms with van der Waals surface area (Å²) in [5.41, 5.74) is 4.04. The van der Waals surface area contributed by atoms with Crippen LogP contribution in [0.25, 0.3) is 22.6 Å². The lowest BCUT2D eigenvalue weighted by atomic mass is 10.1. The number of hydrogen-bond donors (Lipinski definition) is 1. The van der Waals surface area contributed by atoms with E-state index in [9.17, 15) is 9.18 Å². The van der Waals surface area contributed by atoms with E-state index in [1.54, 1.807) is 24.5 Å². The molecule has 4 rings (SSSR count). The number of aromatic nitrogens is 3. The van der Waals surface area contributed by atoms with Gasteiger partial charge >= 0.3 is 0 Å². The molecular formula is C23H17FN4O. The molecule has 0 aliphatic carbocycles. The second-order valence-electron chi connectivity index (χ2n) is 6.52. The van der Waals surface area contributed by atoms with E-state index < -0.39 is 0 Å². The van der Waals surface area contributed by atoms with Crippen LogP contribution in [0.5, 0.6) is 0 Å². The molecule has 0 bridgehead atoms. The minimum absolute atomic E-state index is 0.316. The van der Waals surface area contributed by atoms with E-state index in [-0.39, 0.29) is 11.7 Å². The van der Waals surface area contributed by atoms with Crippen LogP contribution in [0.1, 0.15) is 15.9 Å². The van der Waals surface area contributed by atoms with Crippen molar-refractivity contribution in [3.63, 3.8) is 0 Å². The summed E-state index contributed by atoms with van der Waals surface area (Å²) >= 11 is 0. The highest BCUT2D eigenvalue weighted by molar-refractivity contribution is 6.08. The zero-order valence-corrected chi connectivity index (χ0v) is 15.6. The Kier molecular flexibility index (Phi) is 5.07. The van der Waals surface area contributed by atoms with Crippen molar-refractivity contribution in [2.75, 3.05) is 5.32 Å². The van der Waals surface area contributed by atoms with Crippen LogP contribution in [0.3, 0.4) is 0 Å². The number of halogens is 1. The number of hydrogen-bond acceptors (Lipinski definition) is 4. The van der Waals surface area contributed by atoms with Gasteiger partial charge in [-0.2, -0.15) is 0 Å². The molecule has 29 heavy (non-hydrogen) atoms. The first-order chi connectivity index (χ1) is 14.1. The van der Waals surface area contributed by atoms with Gasteiger partial charge in [0.05, 0.1) is 11.3 Å². The van der Waals surface area contributed by atoms with Gasteiger partial charge in [0.15, 0.2) is 5.82 Å². The van der Waals surface area contributed by atoms with Crippen LogP contribution in [0.2, 0.25) is 0 Å². The fraction of sp³-hybridized carbons (Fsp3) is 0.0435. The number of carbonyl (C=O) groups excluding carboxylic acids is 1. The van der Waals surface area contributed by atoms with Crippen molar-refractivity contribution in [2.45, 2.75) is 6.92 Å². The van der Waals surface area contributed by atoms with E-state index in [0.717, 1.165) is 16.7 Å². The maximum Gasteiger partial charge on any atom is 0.259 e. The number of rotatable bonds is 4. The molecule has 142 valence electrons. The topological polar surface area (TPSA) is 67.8 Å². The van der Waals surface area contributed by atoms with Crippen LogP contribution in [-0.2, 0) is 0 Å². The minimum Gasteiger partial charge on any atom is -0.322 e. The molecule has 5 nitrogen and oxygen atoms in total. The van der Waals surface area contributed by atoms with E-state index in [0.29, 0.717) is 22.8 Å². The first kappa shape index (κ1) is 18.4. The van der Waals surface area contributed by atoms with Gasteiger partial charge in [0.2, 0.25) is 0 Å². The summed E-state index contributed by atoms with van der Waals surface area (Å²) in [7, 11) is 0. The van der Waals surface area contributed by atoms with Crippen LogP contribution >= 0.6 is 0 Å². The Labute approximate surface area is 167 Å². The van der Waals surface area contributed by atoms with Crippen LogP contribution in [0.4, 0.5) is 10.1 Å². The molecule has 6 heteroatoms. The quantitative estimate of drug-likeness (QED) is 0.543. The van der Waals surface area contributed by atoms with Crippen molar-refractivity contribution >= 4 is 11.6 Å². The Balaban J connectivity index is 1.75. The molecule has 0 atom stereocenters. The molecule has 0 radical (unpaired) electrons. The number of pyridine rings is 1. The number of benzene rings is 2. The molecule has 1 N–H and O–H groups in total. The van der Waals surface area contributed by atoms with Gasteiger partial charge < -0.3 is 5.32 Å². The highest BCUT2D eigenvalue weighted by atomic mass is 19.1. The highest BCUT2D eigenvalue weighted by Gasteiger charge is 2.17. The van der Waals surface area contributed by atoms with Crippen LogP contribution < -0.4 is 5.32 Å². The molecule has 2 aromatic carbocycles. The first-order valence-electron chi connectivity index (χ1n) is 9.01.